The van der Waals surface area contributed by atoms with Gasteiger partial charge in [-0.1, -0.05) is 32.5 Å². The van der Waals surface area contributed by atoms with Gasteiger partial charge in [-0.15, -0.1) is 0 Å². The molecule has 0 aliphatic heterocycles. The Labute approximate surface area is 83.9 Å². The fraction of sp³-hybridized carbons (Fsp3) is 0.400. The predicted molar refractivity (Wildman–Crippen MR) is 58.5 cm³/mol. The first-order valence-corrected chi connectivity index (χ1v) is 4.77. The first kappa shape index (κ1) is 9.85. The summed E-state index contributed by atoms with van der Waals surface area (Å²) in [6.07, 6.45) is 0. The highest BCUT2D eigenvalue weighted by molar-refractivity contribution is 9.10. The molecule has 0 aliphatic carbocycles. The average Bonchev–Trinajstić information content (AvgIpc) is 2.08. The maximum absolute atomic E-state index is 5.93. The molecule has 0 heterocycles. The van der Waals surface area contributed by atoms with E-state index >= 15 is 0 Å². The molecule has 0 unspecified atom stereocenters. The van der Waals surface area contributed by atoms with Gasteiger partial charge in [-0.2, -0.15) is 0 Å². The molecule has 1 aromatic carbocycles. The molecule has 0 saturated carbocycles. The summed E-state index contributed by atoms with van der Waals surface area (Å²) in [5.41, 5.74) is 5.79. The van der Waals surface area contributed by atoms with Crippen LogP contribution in [0.3, 0.4) is 0 Å². The largest absolute Gasteiger partial charge is 0.114 e. The number of rotatable bonds is 0. The van der Waals surface area contributed by atoms with Crippen molar-refractivity contribution in [1.29, 1.82) is 0 Å². The maximum atomic E-state index is 5.93. The van der Waals surface area contributed by atoms with Crippen LogP contribution in [0.4, 0.5) is 0 Å². The lowest BCUT2D eigenvalue weighted by molar-refractivity contribution is 1.24. The third kappa shape index (κ3) is 1.33. The van der Waals surface area contributed by atoms with Gasteiger partial charge in [0.05, 0.1) is 0 Å². The standard InChI is InChI=1S/C10H12BBr/c1-5-7(3)10(12)8(4)6(2)9(5)11/h1-4H3. The molecule has 0 aliphatic rings. The van der Waals surface area contributed by atoms with Crippen molar-refractivity contribution in [2.75, 3.05) is 0 Å². The van der Waals surface area contributed by atoms with E-state index in [0.717, 1.165) is 5.46 Å². The molecule has 0 saturated heterocycles. The van der Waals surface area contributed by atoms with E-state index in [1.807, 2.05) is 0 Å². The van der Waals surface area contributed by atoms with E-state index in [1.54, 1.807) is 0 Å². The summed E-state index contributed by atoms with van der Waals surface area (Å²) >= 11 is 3.56. The molecule has 0 fully saturated rings. The zero-order valence-corrected chi connectivity index (χ0v) is 9.54. The van der Waals surface area contributed by atoms with Crippen LogP contribution in [-0.4, -0.2) is 7.85 Å². The molecule has 0 atom stereocenters. The molecule has 0 amide bonds. The Balaban J connectivity index is 3.60. The second kappa shape index (κ2) is 3.25. The third-order valence-electron chi connectivity index (χ3n) is 2.59. The lowest BCUT2D eigenvalue weighted by Gasteiger charge is -2.14. The molecule has 62 valence electrons. The van der Waals surface area contributed by atoms with Crippen LogP contribution in [0.5, 0.6) is 0 Å². The minimum Gasteiger partial charge on any atom is -0.0903 e. The Morgan fingerprint density at radius 3 is 1.50 bits per heavy atom. The minimum absolute atomic E-state index is 0.924. The molecular weight excluding hydrogens is 211 g/mol. The van der Waals surface area contributed by atoms with E-state index < -0.39 is 0 Å². The molecule has 2 radical (unpaired) electrons. The van der Waals surface area contributed by atoms with Crippen molar-refractivity contribution in [3.05, 3.63) is 26.7 Å². The van der Waals surface area contributed by atoms with Crippen molar-refractivity contribution in [2.45, 2.75) is 27.7 Å². The zero-order chi connectivity index (χ0) is 9.46. The lowest BCUT2D eigenvalue weighted by atomic mass is 9.82. The molecule has 12 heavy (non-hydrogen) atoms. The van der Waals surface area contributed by atoms with E-state index in [1.165, 1.54) is 26.7 Å². The van der Waals surface area contributed by atoms with Gasteiger partial charge in [-0.05, 0) is 38.8 Å². The van der Waals surface area contributed by atoms with Crippen LogP contribution >= 0.6 is 15.9 Å². The lowest BCUT2D eigenvalue weighted by Crippen LogP contribution is -2.15. The van der Waals surface area contributed by atoms with E-state index in [0.29, 0.717) is 0 Å². The Morgan fingerprint density at radius 2 is 1.17 bits per heavy atom. The van der Waals surface area contributed by atoms with Gasteiger partial charge < -0.3 is 0 Å². The number of hydrogen-bond acceptors (Lipinski definition) is 0. The number of halogens is 1. The Kier molecular flexibility index (Phi) is 2.67. The summed E-state index contributed by atoms with van der Waals surface area (Å²) in [6.45, 7) is 8.29. The van der Waals surface area contributed by atoms with Crippen LogP contribution in [0, 0.1) is 27.7 Å². The Hall–Kier alpha value is -0.235. The molecular formula is C10H12BBr. The normalized spacial score (nSPS) is 10.4. The summed E-state index contributed by atoms with van der Waals surface area (Å²) in [5, 5.41) is 0. The van der Waals surface area contributed by atoms with Crippen LogP contribution in [0.15, 0.2) is 4.47 Å². The van der Waals surface area contributed by atoms with Crippen molar-refractivity contribution in [2.24, 2.45) is 0 Å². The predicted octanol–water partition coefficient (Wildman–Crippen LogP) is 2.48. The fourth-order valence-electron chi connectivity index (χ4n) is 1.30. The fourth-order valence-corrected chi connectivity index (χ4v) is 1.89. The highest BCUT2D eigenvalue weighted by atomic mass is 79.9. The van der Waals surface area contributed by atoms with E-state index in [9.17, 15) is 0 Å². The molecule has 2 heteroatoms. The zero-order valence-electron chi connectivity index (χ0n) is 7.96. The van der Waals surface area contributed by atoms with Gasteiger partial charge in [0, 0.05) is 4.47 Å². The monoisotopic (exact) mass is 222 g/mol. The summed E-state index contributed by atoms with van der Waals surface area (Å²) in [5.74, 6) is 0. The maximum Gasteiger partial charge on any atom is 0.114 e. The van der Waals surface area contributed by atoms with Gasteiger partial charge in [0.2, 0.25) is 0 Å². The second-order valence-electron chi connectivity index (χ2n) is 3.23. The molecule has 0 spiro atoms. The minimum atomic E-state index is 0.924. The molecule has 0 nitrogen and oxygen atoms in total. The SMILES string of the molecule is [B]c1c(C)c(C)c(Br)c(C)c1C. The van der Waals surface area contributed by atoms with Gasteiger partial charge in [0.25, 0.3) is 0 Å². The van der Waals surface area contributed by atoms with Gasteiger partial charge in [0.1, 0.15) is 7.85 Å². The quantitative estimate of drug-likeness (QED) is 0.592. The van der Waals surface area contributed by atoms with Crippen LogP contribution in [-0.2, 0) is 0 Å². The van der Waals surface area contributed by atoms with E-state index in [2.05, 4.69) is 43.6 Å². The molecule has 0 bridgehead atoms. The molecule has 0 N–H and O–H groups in total. The molecule has 1 aromatic rings. The Morgan fingerprint density at radius 1 is 0.833 bits per heavy atom. The molecule has 0 aromatic heterocycles. The van der Waals surface area contributed by atoms with Crippen LogP contribution in [0.1, 0.15) is 22.3 Å². The van der Waals surface area contributed by atoms with E-state index in [-0.39, 0.29) is 0 Å². The topological polar surface area (TPSA) is 0 Å². The first-order chi connectivity index (χ1) is 5.46. The van der Waals surface area contributed by atoms with Gasteiger partial charge in [-0.3, -0.25) is 0 Å². The van der Waals surface area contributed by atoms with Crippen LogP contribution in [0.2, 0.25) is 0 Å². The second-order valence-corrected chi connectivity index (χ2v) is 4.02. The van der Waals surface area contributed by atoms with Crippen molar-refractivity contribution in [3.8, 4) is 0 Å². The van der Waals surface area contributed by atoms with Gasteiger partial charge >= 0.3 is 0 Å². The van der Waals surface area contributed by atoms with Crippen molar-refractivity contribution in [1.82, 2.24) is 0 Å². The number of benzene rings is 1. The molecule has 1 rings (SSSR count). The van der Waals surface area contributed by atoms with Crippen LogP contribution in [0.25, 0.3) is 0 Å². The summed E-state index contributed by atoms with van der Waals surface area (Å²) in [7, 11) is 5.93. The highest BCUT2D eigenvalue weighted by Crippen LogP contribution is 2.24. The first-order valence-electron chi connectivity index (χ1n) is 3.98. The number of hydrogen-bond donors (Lipinski definition) is 0. The summed E-state index contributed by atoms with van der Waals surface area (Å²) < 4.78 is 1.19. The summed E-state index contributed by atoms with van der Waals surface area (Å²) in [4.78, 5) is 0. The van der Waals surface area contributed by atoms with Crippen LogP contribution < -0.4 is 5.46 Å². The van der Waals surface area contributed by atoms with Gasteiger partial charge in [0.15, 0.2) is 0 Å². The summed E-state index contributed by atoms with van der Waals surface area (Å²) in [6, 6.07) is 0. The Bertz CT molecular complexity index is 224. The smallest absolute Gasteiger partial charge is 0.0903 e. The van der Waals surface area contributed by atoms with E-state index in [4.69, 9.17) is 7.85 Å². The highest BCUT2D eigenvalue weighted by Gasteiger charge is 2.08. The van der Waals surface area contributed by atoms with Crippen molar-refractivity contribution >= 4 is 29.2 Å². The van der Waals surface area contributed by atoms with Crippen molar-refractivity contribution < 1.29 is 0 Å². The third-order valence-corrected chi connectivity index (χ3v) is 3.78. The van der Waals surface area contributed by atoms with Crippen molar-refractivity contribution in [3.63, 3.8) is 0 Å². The van der Waals surface area contributed by atoms with Gasteiger partial charge in [-0.25, -0.2) is 0 Å². The average molecular weight is 223 g/mol.